The highest BCUT2D eigenvalue weighted by atomic mass is 32.2. The van der Waals surface area contributed by atoms with Crippen LogP contribution < -0.4 is 30.3 Å². The van der Waals surface area contributed by atoms with Gasteiger partial charge >= 0.3 is 6.18 Å². The number of ether oxygens (including phenoxy) is 1. The Hall–Kier alpha value is -3.85. The molecule has 1 atom stereocenters. The Kier molecular flexibility index (Phi) is 9.42. The van der Waals surface area contributed by atoms with E-state index in [1.165, 1.54) is 27.1 Å². The number of halogens is 4. The standard InChI is InChI=1S/C28H36F4N6O4S/c1-16-9-10-17(21(11-16)38(6)43(8,40)41)14-34-27(5)23(28(30,31)32)15-33-25(37-27)35-20-13-19(29)18(12-22(20)42-7)24(39)36-26(2,3)4/h9-13,15,34H,14H2,1-8H3,(H,36,39)(H2,33,35,37). The molecule has 0 saturated carbocycles. The lowest BCUT2D eigenvalue weighted by atomic mass is 10.00. The van der Waals surface area contributed by atoms with Gasteiger partial charge in [-0.2, -0.15) is 13.2 Å². The van der Waals surface area contributed by atoms with E-state index >= 15 is 4.39 Å². The summed E-state index contributed by atoms with van der Waals surface area (Å²) in [5.74, 6) is -1.70. The molecule has 15 heteroatoms. The van der Waals surface area contributed by atoms with Crippen LogP contribution in [0.1, 0.15) is 49.2 Å². The molecule has 0 spiro atoms. The highest BCUT2D eigenvalue weighted by molar-refractivity contribution is 7.92. The van der Waals surface area contributed by atoms with Gasteiger partial charge in [0.2, 0.25) is 16.0 Å². The van der Waals surface area contributed by atoms with Crippen LogP contribution in [0, 0.1) is 12.7 Å². The first-order chi connectivity index (χ1) is 19.6. The fourth-order valence-electron chi connectivity index (χ4n) is 4.25. The zero-order chi connectivity index (χ0) is 32.5. The van der Waals surface area contributed by atoms with Crippen molar-refractivity contribution in [2.24, 2.45) is 4.99 Å². The smallest absolute Gasteiger partial charge is 0.417 e. The van der Waals surface area contributed by atoms with E-state index < -0.39 is 44.7 Å². The largest absolute Gasteiger partial charge is 0.495 e. The van der Waals surface area contributed by atoms with Gasteiger partial charge in [0, 0.05) is 31.4 Å². The summed E-state index contributed by atoms with van der Waals surface area (Å²) in [5.41, 5.74) is -2.56. The van der Waals surface area contributed by atoms with Crippen molar-refractivity contribution in [3.05, 3.63) is 64.6 Å². The van der Waals surface area contributed by atoms with Gasteiger partial charge in [0.05, 0.1) is 35.9 Å². The summed E-state index contributed by atoms with van der Waals surface area (Å²) in [4.78, 5) is 16.8. The van der Waals surface area contributed by atoms with E-state index in [2.05, 4.69) is 26.3 Å². The molecule has 236 valence electrons. The van der Waals surface area contributed by atoms with Gasteiger partial charge in [-0.25, -0.2) is 17.8 Å². The summed E-state index contributed by atoms with van der Waals surface area (Å²) in [6, 6.07) is 7.10. The SMILES string of the molecule is COc1cc(C(=O)NC(C)(C)C)c(F)cc1NC1=NC(C)(NCc2ccc(C)cc2N(C)S(C)(=O)=O)C(C(F)(F)F)=CN1. The molecule has 0 saturated heterocycles. The Labute approximate surface area is 248 Å². The number of nitrogens with zero attached hydrogens (tertiary/aromatic N) is 2. The second-order valence-electron chi connectivity index (χ2n) is 11.3. The van der Waals surface area contributed by atoms with Crippen LogP contribution in [0.2, 0.25) is 0 Å². The zero-order valence-electron chi connectivity index (χ0n) is 25.1. The first-order valence-electron chi connectivity index (χ1n) is 13.0. The van der Waals surface area contributed by atoms with Gasteiger partial charge in [0.25, 0.3) is 5.91 Å². The summed E-state index contributed by atoms with van der Waals surface area (Å²) < 4.78 is 88.1. The number of sulfonamides is 1. The van der Waals surface area contributed by atoms with Gasteiger partial charge in [0.1, 0.15) is 17.2 Å². The molecule has 3 rings (SSSR count). The molecule has 1 unspecified atom stereocenters. The number of aliphatic imine (C=N–C) groups is 1. The summed E-state index contributed by atoms with van der Waals surface area (Å²) >= 11 is 0. The van der Waals surface area contributed by atoms with Crippen molar-refractivity contribution in [2.45, 2.75) is 58.5 Å². The van der Waals surface area contributed by atoms with Gasteiger partial charge in [-0.15, -0.1) is 0 Å². The molecule has 0 radical (unpaired) electrons. The van der Waals surface area contributed by atoms with Crippen molar-refractivity contribution in [3.63, 3.8) is 0 Å². The second-order valence-corrected chi connectivity index (χ2v) is 13.3. The first-order valence-corrected chi connectivity index (χ1v) is 14.9. The maximum absolute atomic E-state index is 15.0. The molecule has 1 aliphatic heterocycles. The van der Waals surface area contributed by atoms with Crippen LogP contribution in [0.15, 0.2) is 47.1 Å². The number of benzene rings is 2. The molecule has 0 fully saturated rings. The van der Waals surface area contributed by atoms with Crippen molar-refractivity contribution in [1.29, 1.82) is 0 Å². The number of aryl methyl sites for hydroxylation is 1. The molecule has 4 N–H and O–H groups in total. The molecule has 1 heterocycles. The Bertz CT molecular complexity index is 1570. The van der Waals surface area contributed by atoms with E-state index in [0.29, 0.717) is 11.3 Å². The number of hydrogen-bond donors (Lipinski definition) is 4. The average Bonchev–Trinajstić information content (AvgIpc) is 2.85. The lowest BCUT2D eigenvalue weighted by Crippen LogP contribution is -2.52. The number of carbonyl (C=O) groups excluding carboxylic acids is 1. The lowest BCUT2D eigenvalue weighted by molar-refractivity contribution is -0.102. The molecular formula is C28H36F4N6O4S. The van der Waals surface area contributed by atoms with Crippen molar-refractivity contribution >= 4 is 33.3 Å². The van der Waals surface area contributed by atoms with Gasteiger partial charge in [-0.1, -0.05) is 12.1 Å². The number of rotatable bonds is 8. The quantitative estimate of drug-likeness (QED) is 0.320. The number of methoxy groups -OCH3 is 1. The molecule has 2 aromatic carbocycles. The van der Waals surface area contributed by atoms with E-state index in [1.54, 1.807) is 45.9 Å². The number of anilines is 2. The zero-order valence-corrected chi connectivity index (χ0v) is 25.9. The van der Waals surface area contributed by atoms with Crippen LogP contribution in [0.5, 0.6) is 5.75 Å². The van der Waals surface area contributed by atoms with E-state index in [4.69, 9.17) is 4.74 Å². The van der Waals surface area contributed by atoms with Crippen LogP contribution in [0.25, 0.3) is 0 Å². The fraction of sp³-hybridized carbons (Fsp3) is 0.429. The number of carbonyl (C=O) groups is 1. The third-order valence-electron chi connectivity index (χ3n) is 6.49. The van der Waals surface area contributed by atoms with Gasteiger partial charge in [-0.05, 0) is 57.9 Å². The molecule has 0 aromatic heterocycles. The minimum Gasteiger partial charge on any atom is -0.495 e. The highest BCUT2D eigenvalue weighted by Crippen LogP contribution is 2.37. The van der Waals surface area contributed by atoms with Crippen LogP contribution in [0.3, 0.4) is 0 Å². The van der Waals surface area contributed by atoms with Crippen molar-refractivity contribution < 1.29 is 35.5 Å². The monoisotopic (exact) mass is 628 g/mol. The first kappa shape index (κ1) is 33.6. The van der Waals surface area contributed by atoms with Crippen molar-refractivity contribution in [3.8, 4) is 5.75 Å². The molecule has 0 aliphatic carbocycles. The number of nitrogens with one attached hydrogen (secondary N) is 4. The molecule has 2 aromatic rings. The minimum absolute atomic E-state index is 0.000338. The molecular weight excluding hydrogens is 592 g/mol. The maximum Gasteiger partial charge on any atom is 0.417 e. The Morgan fingerprint density at radius 1 is 1.16 bits per heavy atom. The predicted octanol–water partition coefficient (Wildman–Crippen LogP) is 4.39. The van der Waals surface area contributed by atoms with Gasteiger partial charge in [0.15, 0.2) is 0 Å². The van der Waals surface area contributed by atoms with Crippen molar-refractivity contribution in [2.75, 3.05) is 30.0 Å². The summed E-state index contributed by atoms with van der Waals surface area (Å²) in [6.07, 6.45) is -3.04. The molecule has 43 heavy (non-hydrogen) atoms. The van der Waals surface area contributed by atoms with E-state index in [0.717, 1.165) is 28.4 Å². The van der Waals surface area contributed by atoms with E-state index in [-0.39, 0.29) is 29.5 Å². The van der Waals surface area contributed by atoms with Crippen LogP contribution in [-0.2, 0) is 16.6 Å². The van der Waals surface area contributed by atoms with Gasteiger partial charge in [-0.3, -0.25) is 14.4 Å². The summed E-state index contributed by atoms with van der Waals surface area (Å²) in [5, 5.41) is 10.6. The number of amides is 1. The fourth-order valence-corrected chi connectivity index (χ4v) is 4.77. The normalized spacial score (nSPS) is 17.4. The molecule has 1 amide bonds. The van der Waals surface area contributed by atoms with E-state index in [1.807, 2.05) is 0 Å². The lowest BCUT2D eigenvalue weighted by Gasteiger charge is -2.35. The number of guanidine groups is 1. The predicted molar refractivity (Wildman–Crippen MR) is 158 cm³/mol. The summed E-state index contributed by atoms with van der Waals surface area (Å²) in [7, 11) is -1.02. The van der Waals surface area contributed by atoms with E-state index in [9.17, 15) is 26.4 Å². The highest BCUT2D eigenvalue weighted by Gasteiger charge is 2.47. The van der Waals surface area contributed by atoms with Gasteiger partial charge < -0.3 is 20.7 Å². The number of hydrogen-bond acceptors (Lipinski definition) is 8. The van der Waals surface area contributed by atoms with Crippen LogP contribution in [0.4, 0.5) is 28.9 Å². The number of alkyl halides is 3. The molecule has 10 nitrogen and oxygen atoms in total. The third kappa shape index (κ3) is 8.16. The molecule has 1 aliphatic rings. The minimum atomic E-state index is -4.80. The third-order valence-corrected chi connectivity index (χ3v) is 7.69. The molecule has 0 bridgehead atoms. The average molecular weight is 629 g/mol. The Morgan fingerprint density at radius 2 is 1.81 bits per heavy atom. The Morgan fingerprint density at radius 3 is 2.37 bits per heavy atom. The van der Waals surface area contributed by atoms with Crippen LogP contribution in [-0.4, -0.2) is 58.1 Å². The second kappa shape index (κ2) is 12.0. The maximum atomic E-state index is 15.0. The Balaban J connectivity index is 1.97. The van der Waals surface area contributed by atoms with Crippen molar-refractivity contribution in [1.82, 2.24) is 16.0 Å². The summed E-state index contributed by atoms with van der Waals surface area (Å²) in [6.45, 7) is 7.99. The topological polar surface area (TPSA) is 124 Å². The van der Waals surface area contributed by atoms with Crippen LogP contribution >= 0.6 is 0 Å².